The molecule has 3 heteroatoms. The van der Waals surface area contributed by atoms with E-state index in [0.717, 1.165) is 11.1 Å². The van der Waals surface area contributed by atoms with Crippen LogP contribution < -0.4 is 0 Å². The van der Waals surface area contributed by atoms with Crippen LogP contribution >= 0.6 is 0 Å². The van der Waals surface area contributed by atoms with Crippen molar-refractivity contribution in [2.45, 2.75) is 6.92 Å². The Bertz CT molecular complexity index is 332. The van der Waals surface area contributed by atoms with E-state index in [1.54, 1.807) is 6.07 Å². The minimum Gasteiger partial charge on any atom is -0.191 e. The lowest BCUT2D eigenvalue weighted by Crippen LogP contribution is -1.77. The van der Waals surface area contributed by atoms with E-state index in [1.807, 2.05) is 25.1 Å². The van der Waals surface area contributed by atoms with E-state index < -0.39 is 0 Å². The zero-order valence-corrected chi connectivity index (χ0v) is 7.60. The van der Waals surface area contributed by atoms with E-state index in [0.29, 0.717) is 5.69 Å². The second kappa shape index (κ2) is 3.97. The summed E-state index contributed by atoms with van der Waals surface area (Å²) in [5, 5.41) is 0. The summed E-state index contributed by atoms with van der Waals surface area (Å²) < 4.78 is 13.9. The van der Waals surface area contributed by atoms with Crippen LogP contribution in [0.4, 0.5) is 5.69 Å². The van der Waals surface area contributed by atoms with Gasteiger partial charge in [0.05, 0.1) is 5.69 Å². The molecule has 0 fully saturated rings. The molecule has 2 nitrogen and oxygen atoms in total. The Balaban J connectivity index is 3.26. The average Bonchev–Trinajstić information content (AvgIpc) is 2.05. The van der Waals surface area contributed by atoms with Crippen molar-refractivity contribution >= 4 is 22.7 Å². The SMILES string of the molecule is C=C(C)c1ccccc1N=S=O. The van der Waals surface area contributed by atoms with Gasteiger partial charge in [-0.2, -0.15) is 8.57 Å². The van der Waals surface area contributed by atoms with E-state index in [2.05, 4.69) is 10.9 Å². The molecule has 0 heterocycles. The van der Waals surface area contributed by atoms with Crippen molar-refractivity contribution in [2.24, 2.45) is 4.36 Å². The van der Waals surface area contributed by atoms with Crippen LogP contribution in [0.3, 0.4) is 0 Å². The Morgan fingerprint density at radius 2 is 2.17 bits per heavy atom. The summed E-state index contributed by atoms with van der Waals surface area (Å²) in [4.78, 5) is 0. The summed E-state index contributed by atoms with van der Waals surface area (Å²) in [7, 11) is 0. The average molecular weight is 179 g/mol. The third-order valence-corrected chi connectivity index (χ3v) is 1.77. The van der Waals surface area contributed by atoms with Gasteiger partial charge in [-0.3, -0.25) is 0 Å². The summed E-state index contributed by atoms with van der Waals surface area (Å²) in [5.74, 6) is 0. The van der Waals surface area contributed by atoms with Crippen LogP contribution in [-0.2, 0) is 11.5 Å². The molecule has 0 saturated carbocycles. The van der Waals surface area contributed by atoms with Gasteiger partial charge in [0, 0.05) is 5.56 Å². The largest absolute Gasteiger partial charge is 0.205 e. The van der Waals surface area contributed by atoms with Gasteiger partial charge in [-0.1, -0.05) is 24.8 Å². The second-order valence-corrected chi connectivity index (χ2v) is 2.79. The van der Waals surface area contributed by atoms with Crippen LogP contribution in [-0.4, -0.2) is 4.21 Å². The normalized spacial score (nSPS) is 9.08. The van der Waals surface area contributed by atoms with Gasteiger partial charge < -0.3 is 0 Å². The van der Waals surface area contributed by atoms with Gasteiger partial charge in [-0.25, -0.2) is 0 Å². The monoisotopic (exact) mass is 179 g/mol. The molecule has 0 aliphatic carbocycles. The first-order valence-corrected chi connectivity index (χ1v) is 4.20. The Morgan fingerprint density at radius 1 is 1.50 bits per heavy atom. The Kier molecular flexibility index (Phi) is 2.94. The van der Waals surface area contributed by atoms with Crippen LogP contribution in [0.5, 0.6) is 0 Å². The van der Waals surface area contributed by atoms with Crippen molar-refractivity contribution in [1.82, 2.24) is 0 Å². The van der Waals surface area contributed by atoms with Crippen LogP contribution in [0.1, 0.15) is 12.5 Å². The quantitative estimate of drug-likeness (QED) is 0.686. The summed E-state index contributed by atoms with van der Waals surface area (Å²) in [6, 6.07) is 7.45. The molecule has 0 amide bonds. The third kappa shape index (κ3) is 1.89. The number of benzene rings is 1. The highest BCUT2D eigenvalue weighted by molar-refractivity contribution is 7.54. The van der Waals surface area contributed by atoms with E-state index in [9.17, 15) is 4.21 Å². The Morgan fingerprint density at radius 3 is 2.75 bits per heavy atom. The molecule has 1 aromatic carbocycles. The molecule has 1 rings (SSSR count). The molecule has 0 saturated heterocycles. The number of hydrogen-bond donors (Lipinski definition) is 0. The maximum absolute atomic E-state index is 10.2. The predicted octanol–water partition coefficient (Wildman–Crippen LogP) is 2.75. The molecule has 1 aromatic rings. The van der Waals surface area contributed by atoms with E-state index in [4.69, 9.17) is 0 Å². The minimum absolute atomic E-state index is 0.220. The smallest absolute Gasteiger partial charge is 0.191 e. The molecular weight excluding hydrogens is 170 g/mol. The van der Waals surface area contributed by atoms with Gasteiger partial charge in [-0.05, 0) is 18.6 Å². The molecule has 0 atom stereocenters. The van der Waals surface area contributed by atoms with E-state index in [-0.39, 0.29) is 11.5 Å². The molecule has 0 aliphatic rings. The van der Waals surface area contributed by atoms with Crippen molar-refractivity contribution in [3.05, 3.63) is 36.4 Å². The minimum atomic E-state index is 0.220. The molecular formula is C9H9NOS. The van der Waals surface area contributed by atoms with Crippen LogP contribution in [0.25, 0.3) is 5.57 Å². The highest BCUT2D eigenvalue weighted by atomic mass is 32.1. The zero-order chi connectivity index (χ0) is 8.97. The summed E-state index contributed by atoms with van der Waals surface area (Å²) >= 11 is 0.220. The first-order chi connectivity index (χ1) is 5.75. The number of nitrogens with zero attached hydrogens (tertiary/aromatic N) is 1. The number of rotatable bonds is 2. The molecule has 0 bridgehead atoms. The zero-order valence-electron chi connectivity index (χ0n) is 6.78. The highest BCUT2D eigenvalue weighted by Crippen LogP contribution is 2.23. The van der Waals surface area contributed by atoms with Gasteiger partial charge in [0.25, 0.3) is 0 Å². The van der Waals surface area contributed by atoms with Crippen LogP contribution in [0.15, 0.2) is 35.2 Å². The standard InChI is InChI=1S/C9H9NOS/c1-7(2)8-5-3-4-6-9(8)10-12-11/h3-6H,1H2,2H3. The fraction of sp³-hybridized carbons (Fsp3) is 0.111. The third-order valence-electron chi connectivity index (χ3n) is 1.50. The first kappa shape index (κ1) is 8.87. The van der Waals surface area contributed by atoms with Crippen molar-refractivity contribution < 1.29 is 4.21 Å². The van der Waals surface area contributed by atoms with Gasteiger partial charge in [0.15, 0.2) is 0 Å². The summed E-state index contributed by atoms with van der Waals surface area (Å²) in [6.07, 6.45) is 0. The van der Waals surface area contributed by atoms with Crippen molar-refractivity contribution in [3.63, 3.8) is 0 Å². The predicted molar refractivity (Wildman–Crippen MR) is 51.4 cm³/mol. The lowest BCUT2D eigenvalue weighted by atomic mass is 10.1. The van der Waals surface area contributed by atoms with Crippen LogP contribution in [0, 0.1) is 0 Å². The highest BCUT2D eigenvalue weighted by Gasteiger charge is 1.98. The molecule has 0 aromatic heterocycles. The Labute approximate surface area is 75.2 Å². The topological polar surface area (TPSA) is 29.4 Å². The molecule has 62 valence electrons. The fourth-order valence-electron chi connectivity index (χ4n) is 0.954. The first-order valence-electron chi connectivity index (χ1n) is 3.50. The molecule has 0 N–H and O–H groups in total. The Hall–Kier alpha value is -1.22. The molecule has 0 aliphatic heterocycles. The lowest BCUT2D eigenvalue weighted by molar-refractivity contribution is 0.698. The van der Waals surface area contributed by atoms with E-state index in [1.165, 1.54) is 0 Å². The lowest BCUT2D eigenvalue weighted by Gasteiger charge is -2.00. The second-order valence-electron chi connectivity index (χ2n) is 2.46. The van der Waals surface area contributed by atoms with Crippen molar-refractivity contribution in [2.75, 3.05) is 0 Å². The fourth-order valence-corrected chi connectivity index (χ4v) is 1.19. The van der Waals surface area contributed by atoms with Crippen molar-refractivity contribution in [3.8, 4) is 0 Å². The van der Waals surface area contributed by atoms with Gasteiger partial charge >= 0.3 is 0 Å². The van der Waals surface area contributed by atoms with E-state index >= 15 is 0 Å². The molecule has 0 radical (unpaired) electrons. The number of hydrogen-bond acceptors (Lipinski definition) is 2. The van der Waals surface area contributed by atoms with Gasteiger partial charge in [-0.15, -0.1) is 0 Å². The van der Waals surface area contributed by atoms with Gasteiger partial charge in [0.1, 0.15) is 0 Å². The summed E-state index contributed by atoms with van der Waals surface area (Å²) in [5.41, 5.74) is 2.55. The maximum atomic E-state index is 10.2. The van der Waals surface area contributed by atoms with Crippen LogP contribution in [0.2, 0.25) is 0 Å². The molecule has 0 unspecified atom stereocenters. The summed E-state index contributed by atoms with van der Waals surface area (Å²) in [6.45, 7) is 5.69. The molecule has 12 heavy (non-hydrogen) atoms. The number of allylic oxidation sites excluding steroid dienone is 1. The molecule has 0 spiro atoms. The maximum Gasteiger partial charge on any atom is 0.205 e. The van der Waals surface area contributed by atoms with Gasteiger partial charge in [0.2, 0.25) is 11.5 Å². The van der Waals surface area contributed by atoms with Crippen molar-refractivity contribution in [1.29, 1.82) is 0 Å².